The third kappa shape index (κ3) is 2.22. The van der Waals surface area contributed by atoms with Crippen LogP contribution in [-0.4, -0.2) is 41.8 Å². The molecule has 0 N–H and O–H groups in total. The van der Waals surface area contributed by atoms with Crippen molar-refractivity contribution >= 4 is 45.1 Å². The lowest BCUT2D eigenvalue weighted by Gasteiger charge is -2.16. The van der Waals surface area contributed by atoms with E-state index in [1.807, 2.05) is 0 Å². The quantitative estimate of drug-likeness (QED) is 0.436. The summed E-state index contributed by atoms with van der Waals surface area (Å²) in [6.07, 6.45) is 0. The van der Waals surface area contributed by atoms with Crippen LogP contribution in [0.2, 0.25) is 0 Å². The Morgan fingerprint density at radius 2 is 2.09 bits per heavy atom. The fourth-order valence-corrected chi connectivity index (χ4v) is 2.99. The van der Waals surface area contributed by atoms with Crippen molar-refractivity contribution in [3.63, 3.8) is 0 Å². The van der Waals surface area contributed by atoms with Crippen LogP contribution in [0.4, 0.5) is 5.69 Å². The van der Waals surface area contributed by atoms with Crippen LogP contribution in [0.5, 0.6) is 0 Å². The summed E-state index contributed by atoms with van der Waals surface area (Å²) in [7, 11) is 1.12. The van der Waals surface area contributed by atoms with Gasteiger partial charge in [0.1, 0.15) is 5.92 Å². The van der Waals surface area contributed by atoms with Crippen molar-refractivity contribution in [3.8, 4) is 0 Å². The zero-order valence-corrected chi connectivity index (χ0v) is 13.3. The topological polar surface area (TPSA) is 109 Å². The van der Waals surface area contributed by atoms with E-state index in [1.165, 1.54) is 0 Å². The van der Waals surface area contributed by atoms with Gasteiger partial charge < -0.3 is 4.74 Å². The molecule has 1 aromatic carbocycles. The van der Waals surface area contributed by atoms with Crippen LogP contribution in [0.25, 0.3) is 0 Å². The lowest BCUT2D eigenvalue weighted by Crippen LogP contribution is -2.36. The van der Waals surface area contributed by atoms with Gasteiger partial charge in [-0.15, -0.1) is 15.1 Å². The van der Waals surface area contributed by atoms with E-state index in [2.05, 4.69) is 31.1 Å². The number of carbonyl (C=O) groups excluding carboxylic acids is 3. The number of nitrogens with zero attached hydrogens (tertiary/aromatic N) is 4. The summed E-state index contributed by atoms with van der Waals surface area (Å²) in [5.41, 5.74) is 0.00628. The highest BCUT2D eigenvalue weighted by atomic mass is 79.9. The van der Waals surface area contributed by atoms with Gasteiger partial charge in [0.15, 0.2) is 11.8 Å². The summed E-state index contributed by atoms with van der Waals surface area (Å²) in [5, 5.41) is 6.77. The number of halogens is 1. The minimum absolute atomic E-state index is 0.312. The van der Waals surface area contributed by atoms with Crippen molar-refractivity contribution in [2.45, 2.75) is 6.04 Å². The molecule has 2 amide bonds. The molecule has 2 heterocycles. The molecule has 0 unspecified atom stereocenters. The molecule has 9 nitrogen and oxygen atoms in total. The van der Waals surface area contributed by atoms with E-state index in [4.69, 9.17) is 0 Å². The van der Waals surface area contributed by atoms with E-state index in [0.29, 0.717) is 15.3 Å². The van der Waals surface area contributed by atoms with E-state index in [9.17, 15) is 19.3 Å². The van der Waals surface area contributed by atoms with Gasteiger partial charge in [0.2, 0.25) is 5.91 Å². The summed E-state index contributed by atoms with van der Waals surface area (Å²) in [4.78, 5) is 48.7. The molecule has 2 atom stereocenters. The predicted molar refractivity (Wildman–Crippen MR) is 81.0 cm³/mol. The minimum Gasteiger partial charge on any atom is -0.464 e. The fraction of sp³-hybridized carbons (Fsp3) is 0.231. The van der Waals surface area contributed by atoms with Crippen LogP contribution >= 0.6 is 15.9 Å². The summed E-state index contributed by atoms with van der Waals surface area (Å²) < 4.78 is 5.22. The molecule has 0 aromatic heterocycles. The third-order valence-electron chi connectivity index (χ3n) is 3.57. The first-order chi connectivity index (χ1) is 11.0. The van der Waals surface area contributed by atoms with Crippen LogP contribution in [0.1, 0.15) is 0 Å². The van der Waals surface area contributed by atoms with Gasteiger partial charge in [-0.3, -0.25) is 9.59 Å². The Balaban J connectivity index is 2.05. The van der Waals surface area contributed by atoms with Gasteiger partial charge in [-0.2, -0.15) is 0 Å². The second kappa shape index (κ2) is 5.54. The van der Waals surface area contributed by atoms with E-state index in [1.54, 1.807) is 24.3 Å². The van der Waals surface area contributed by atoms with Crippen molar-refractivity contribution in [1.29, 1.82) is 0 Å². The molecule has 0 spiro atoms. The van der Waals surface area contributed by atoms with Gasteiger partial charge >= 0.3 is 5.97 Å². The van der Waals surface area contributed by atoms with Crippen molar-refractivity contribution in [2.75, 3.05) is 12.0 Å². The number of imide groups is 1. The first-order valence-corrected chi connectivity index (χ1v) is 7.21. The number of nitroso groups, excluding NO2 is 1. The Morgan fingerprint density at radius 3 is 2.70 bits per heavy atom. The number of hydrazone groups is 1. The van der Waals surface area contributed by atoms with Gasteiger partial charge in [0, 0.05) is 4.47 Å². The molecule has 0 bridgehead atoms. The highest BCUT2D eigenvalue weighted by molar-refractivity contribution is 9.10. The smallest absolute Gasteiger partial charge is 0.355 e. The zero-order chi connectivity index (χ0) is 16.7. The number of methoxy groups -OCH3 is 1. The van der Waals surface area contributed by atoms with Crippen LogP contribution in [-0.2, 0) is 19.1 Å². The number of ether oxygens (including phenoxy) is 1. The molecule has 2 aliphatic heterocycles. The Hall–Kier alpha value is -2.62. The predicted octanol–water partition coefficient (Wildman–Crippen LogP) is 0.833. The average Bonchev–Trinajstić information content (AvgIpc) is 3.04. The summed E-state index contributed by atoms with van der Waals surface area (Å²) in [5.74, 6) is -3.44. The number of rotatable bonds is 3. The van der Waals surface area contributed by atoms with E-state index in [-0.39, 0.29) is 5.71 Å². The third-order valence-corrected chi connectivity index (χ3v) is 4.07. The Morgan fingerprint density at radius 1 is 1.35 bits per heavy atom. The van der Waals surface area contributed by atoms with Gasteiger partial charge in [0.25, 0.3) is 5.91 Å². The molecule has 10 heteroatoms. The second-order valence-electron chi connectivity index (χ2n) is 4.79. The number of hydrogen-bond acceptors (Lipinski definition) is 7. The monoisotopic (exact) mass is 380 g/mol. The van der Waals surface area contributed by atoms with Crippen molar-refractivity contribution in [3.05, 3.63) is 33.6 Å². The van der Waals surface area contributed by atoms with Crippen molar-refractivity contribution in [2.24, 2.45) is 16.3 Å². The maximum absolute atomic E-state index is 12.6. The zero-order valence-electron chi connectivity index (χ0n) is 11.7. The van der Waals surface area contributed by atoms with Crippen LogP contribution < -0.4 is 4.90 Å². The van der Waals surface area contributed by atoms with Crippen LogP contribution in [0, 0.1) is 10.8 Å². The average molecular weight is 381 g/mol. The van der Waals surface area contributed by atoms with Gasteiger partial charge in [-0.25, -0.2) is 9.69 Å². The Bertz CT molecular complexity index is 764. The van der Waals surface area contributed by atoms with Gasteiger partial charge in [-0.1, -0.05) is 22.0 Å². The summed E-state index contributed by atoms with van der Waals surface area (Å²) in [6.45, 7) is 0. The second-order valence-corrected chi connectivity index (χ2v) is 5.71. The molecular formula is C13H9BrN4O5. The highest BCUT2D eigenvalue weighted by Crippen LogP contribution is 2.36. The maximum Gasteiger partial charge on any atom is 0.355 e. The number of carbonyl (C=O) groups is 3. The largest absolute Gasteiger partial charge is 0.464 e. The standard InChI is InChI=1S/C13H9BrN4O5/c1-23-13(21)9-8-10(18(15-9)16-22)12(20)17(11(8)19)7-4-2-3-6(14)5-7/h2-5,8,10H,1H3/t8-,10-/m1/s1. The van der Waals surface area contributed by atoms with Gasteiger partial charge in [-0.05, 0) is 18.2 Å². The molecule has 0 saturated carbocycles. The molecule has 0 radical (unpaired) electrons. The van der Waals surface area contributed by atoms with Crippen LogP contribution in [0.3, 0.4) is 0 Å². The minimum atomic E-state index is -1.27. The molecule has 3 rings (SSSR count). The molecule has 2 aliphatic rings. The number of anilines is 1. The molecule has 118 valence electrons. The molecule has 0 aliphatic carbocycles. The summed E-state index contributed by atoms with van der Waals surface area (Å²) in [6, 6.07) is 5.25. The van der Waals surface area contributed by atoms with E-state index < -0.39 is 29.7 Å². The fourth-order valence-electron chi connectivity index (χ4n) is 2.60. The highest BCUT2D eigenvalue weighted by Gasteiger charge is 2.59. The van der Waals surface area contributed by atoms with E-state index >= 15 is 0 Å². The molecule has 1 fully saturated rings. The first kappa shape index (κ1) is 15.3. The number of hydrogen-bond donors (Lipinski definition) is 0. The van der Waals surface area contributed by atoms with Crippen LogP contribution in [0.15, 0.2) is 39.1 Å². The summed E-state index contributed by atoms with van der Waals surface area (Å²) >= 11 is 3.26. The number of benzene rings is 1. The lowest BCUT2D eigenvalue weighted by atomic mass is 9.98. The molecular weight excluding hydrogens is 372 g/mol. The number of fused-ring (bicyclic) bond motifs is 1. The molecule has 1 saturated heterocycles. The van der Waals surface area contributed by atoms with E-state index in [0.717, 1.165) is 12.0 Å². The number of amides is 2. The normalized spacial score (nSPS) is 23.0. The lowest BCUT2D eigenvalue weighted by molar-refractivity contribution is -0.133. The molecule has 23 heavy (non-hydrogen) atoms. The Labute approximate surface area is 137 Å². The first-order valence-electron chi connectivity index (χ1n) is 6.42. The Kier molecular flexibility index (Phi) is 3.68. The van der Waals surface area contributed by atoms with Gasteiger partial charge in [0.05, 0.1) is 18.1 Å². The molecule has 1 aromatic rings. The van der Waals surface area contributed by atoms with Crippen molar-refractivity contribution < 1.29 is 19.1 Å². The van der Waals surface area contributed by atoms with Crippen molar-refractivity contribution in [1.82, 2.24) is 5.12 Å². The maximum atomic E-state index is 12.6. The number of esters is 1. The SMILES string of the molecule is COC(=O)C1=NN(N=O)[C@H]2C(=O)N(c3cccc(Br)c3)C(=O)[C@H]12.